The van der Waals surface area contributed by atoms with Crippen LogP contribution < -0.4 is 4.90 Å². The Bertz CT molecular complexity index is 1270. The van der Waals surface area contributed by atoms with Crippen molar-refractivity contribution in [2.24, 2.45) is 5.92 Å². The third-order valence-electron chi connectivity index (χ3n) is 5.98. The first-order valence-electron chi connectivity index (χ1n) is 11.3. The second kappa shape index (κ2) is 9.02. The highest BCUT2D eigenvalue weighted by molar-refractivity contribution is 5.75. The van der Waals surface area contributed by atoms with Crippen molar-refractivity contribution < 1.29 is 13.9 Å². The molecule has 33 heavy (non-hydrogen) atoms. The van der Waals surface area contributed by atoms with Crippen LogP contribution in [0.3, 0.4) is 0 Å². The Morgan fingerprint density at radius 2 is 1.82 bits per heavy atom. The van der Waals surface area contributed by atoms with Gasteiger partial charge in [-0.3, -0.25) is 4.79 Å². The Labute approximate surface area is 191 Å². The molecule has 1 saturated heterocycles. The molecule has 1 aliphatic heterocycles. The number of carbonyl (C=O) groups is 1. The van der Waals surface area contributed by atoms with Crippen molar-refractivity contribution in [1.29, 1.82) is 0 Å². The van der Waals surface area contributed by atoms with Crippen LogP contribution in [0.25, 0.3) is 28.2 Å². The third kappa shape index (κ3) is 4.31. The predicted octanol–water partition coefficient (Wildman–Crippen LogP) is 4.98. The number of anilines is 1. The van der Waals surface area contributed by atoms with Gasteiger partial charge < -0.3 is 9.64 Å². The van der Waals surface area contributed by atoms with Gasteiger partial charge in [0.1, 0.15) is 11.6 Å². The molecule has 0 bridgehead atoms. The summed E-state index contributed by atoms with van der Waals surface area (Å²) in [5.74, 6) is 0.268. The number of benzene rings is 2. The van der Waals surface area contributed by atoms with Gasteiger partial charge in [0.2, 0.25) is 0 Å². The number of aromatic nitrogens is 3. The summed E-state index contributed by atoms with van der Waals surface area (Å²) in [6.45, 7) is 3.60. The number of carbonyl (C=O) groups excluding carboxylic acids is 1. The van der Waals surface area contributed by atoms with Crippen LogP contribution in [0.2, 0.25) is 0 Å². The zero-order valence-electron chi connectivity index (χ0n) is 18.4. The molecule has 1 atom stereocenters. The average molecular weight is 445 g/mol. The SMILES string of the molecule is CCOC(=O)[C@@H]1CCCN(c2cc(-c3ccccc3)nc3cc(-c4ccc(F)cc4)nn23)C1. The number of fused-ring (bicyclic) bond motifs is 1. The van der Waals surface area contributed by atoms with Gasteiger partial charge in [0.15, 0.2) is 5.65 Å². The summed E-state index contributed by atoms with van der Waals surface area (Å²) in [4.78, 5) is 19.5. The van der Waals surface area contributed by atoms with Crippen LogP contribution >= 0.6 is 0 Å². The van der Waals surface area contributed by atoms with Gasteiger partial charge in [-0.15, -0.1) is 0 Å². The Morgan fingerprint density at radius 1 is 1.06 bits per heavy atom. The number of ether oxygens (including phenoxy) is 1. The highest BCUT2D eigenvalue weighted by Crippen LogP contribution is 2.30. The molecule has 0 saturated carbocycles. The van der Waals surface area contributed by atoms with Gasteiger partial charge in [-0.1, -0.05) is 30.3 Å². The van der Waals surface area contributed by atoms with E-state index in [9.17, 15) is 9.18 Å². The average Bonchev–Trinajstić information content (AvgIpc) is 3.29. The molecule has 2 aromatic carbocycles. The van der Waals surface area contributed by atoms with E-state index in [0.717, 1.165) is 42.0 Å². The summed E-state index contributed by atoms with van der Waals surface area (Å²) in [5.41, 5.74) is 4.07. The molecule has 0 N–H and O–H groups in total. The fourth-order valence-corrected chi connectivity index (χ4v) is 4.34. The maximum atomic E-state index is 13.4. The fourth-order valence-electron chi connectivity index (χ4n) is 4.34. The molecule has 7 heteroatoms. The van der Waals surface area contributed by atoms with Crippen molar-refractivity contribution in [3.8, 4) is 22.5 Å². The van der Waals surface area contributed by atoms with E-state index in [-0.39, 0.29) is 17.7 Å². The first kappa shape index (κ1) is 21.1. The second-order valence-corrected chi connectivity index (χ2v) is 8.21. The van der Waals surface area contributed by atoms with Crippen LogP contribution in [0, 0.1) is 11.7 Å². The molecule has 0 unspecified atom stereocenters. The molecule has 6 nitrogen and oxygen atoms in total. The molecule has 5 rings (SSSR count). The fraction of sp³-hybridized carbons (Fsp3) is 0.269. The van der Waals surface area contributed by atoms with Crippen LogP contribution in [0.15, 0.2) is 66.7 Å². The van der Waals surface area contributed by atoms with E-state index < -0.39 is 0 Å². The maximum Gasteiger partial charge on any atom is 0.310 e. The van der Waals surface area contributed by atoms with E-state index in [2.05, 4.69) is 4.90 Å². The first-order valence-corrected chi connectivity index (χ1v) is 11.3. The van der Waals surface area contributed by atoms with Crippen LogP contribution in [0.5, 0.6) is 0 Å². The predicted molar refractivity (Wildman–Crippen MR) is 125 cm³/mol. The summed E-state index contributed by atoms with van der Waals surface area (Å²) in [5, 5.41) is 4.80. The van der Waals surface area contributed by atoms with Gasteiger partial charge in [0.05, 0.1) is 23.9 Å². The highest BCUT2D eigenvalue weighted by atomic mass is 19.1. The lowest BCUT2D eigenvalue weighted by Crippen LogP contribution is -2.40. The van der Waals surface area contributed by atoms with Crippen LogP contribution in [0.4, 0.5) is 10.2 Å². The molecule has 0 aliphatic carbocycles. The molecule has 1 fully saturated rings. The van der Waals surface area contributed by atoms with Crippen LogP contribution in [0.1, 0.15) is 19.8 Å². The Morgan fingerprint density at radius 3 is 2.58 bits per heavy atom. The minimum absolute atomic E-state index is 0.150. The van der Waals surface area contributed by atoms with Crippen molar-refractivity contribution in [2.75, 3.05) is 24.6 Å². The van der Waals surface area contributed by atoms with E-state index >= 15 is 0 Å². The lowest BCUT2D eigenvalue weighted by molar-refractivity contribution is -0.148. The van der Waals surface area contributed by atoms with Crippen molar-refractivity contribution >= 4 is 17.4 Å². The topological polar surface area (TPSA) is 59.7 Å². The lowest BCUT2D eigenvalue weighted by Gasteiger charge is -2.33. The smallest absolute Gasteiger partial charge is 0.310 e. The Kier molecular flexibility index (Phi) is 5.77. The van der Waals surface area contributed by atoms with E-state index in [1.54, 1.807) is 12.1 Å². The molecular formula is C26H25FN4O2. The zero-order valence-corrected chi connectivity index (χ0v) is 18.4. The molecule has 0 radical (unpaired) electrons. The quantitative estimate of drug-likeness (QED) is 0.406. The van der Waals surface area contributed by atoms with Crippen molar-refractivity contribution in [1.82, 2.24) is 14.6 Å². The number of halogens is 1. The normalized spacial score (nSPS) is 16.2. The number of rotatable bonds is 5. The minimum Gasteiger partial charge on any atom is -0.466 e. The summed E-state index contributed by atoms with van der Waals surface area (Å²) < 4.78 is 20.5. The van der Waals surface area contributed by atoms with Crippen molar-refractivity contribution in [3.05, 3.63) is 72.5 Å². The molecular weight excluding hydrogens is 419 g/mol. The van der Waals surface area contributed by atoms with Gasteiger partial charge in [-0.05, 0) is 44.0 Å². The second-order valence-electron chi connectivity index (χ2n) is 8.21. The molecule has 168 valence electrons. The van der Waals surface area contributed by atoms with E-state index in [0.29, 0.717) is 24.5 Å². The molecule has 0 spiro atoms. The molecule has 4 aromatic rings. The lowest BCUT2D eigenvalue weighted by atomic mass is 9.98. The standard InChI is InChI=1S/C26H25FN4O2/c1-2-33-26(32)20-9-6-14-30(17-20)25-16-22(18-7-4-3-5-8-18)28-24-15-23(29-31(24)25)19-10-12-21(27)13-11-19/h3-5,7-8,10-13,15-16,20H,2,6,9,14,17H2,1H3/t20-/m1/s1. The molecule has 0 amide bonds. The molecule has 3 heterocycles. The van der Waals surface area contributed by atoms with Crippen LogP contribution in [-0.2, 0) is 9.53 Å². The van der Waals surface area contributed by atoms with Gasteiger partial charge >= 0.3 is 5.97 Å². The minimum atomic E-state index is -0.286. The number of piperidine rings is 1. The van der Waals surface area contributed by atoms with Crippen LogP contribution in [-0.4, -0.2) is 40.3 Å². The zero-order chi connectivity index (χ0) is 22.8. The number of hydrogen-bond donors (Lipinski definition) is 0. The van der Waals surface area contributed by atoms with E-state index in [4.69, 9.17) is 14.8 Å². The Hall–Kier alpha value is -3.74. The van der Waals surface area contributed by atoms with Gasteiger partial charge in [0.25, 0.3) is 0 Å². The van der Waals surface area contributed by atoms with Gasteiger partial charge in [-0.2, -0.15) is 9.61 Å². The summed E-state index contributed by atoms with van der Waals surface area (Å²) in [7, 11) is 0. The molecule has 1 aliphatic rings. The number of esters is 1. The molecule has 2 aromatic heterocycles. The Balaban J connectivity index is 1.60. The van der Waals surface area contributed by atoms with E-state index in [1.165, 1.54) is 12.1 Å². The monoisotopic (exact) mass is 444 g/mol. The van der Waals surface area contributed by atoms with E-state index in [1.807, 2.05) is 53.9 Å². The highest BCUT2D eigenvalue weighted by Gasteiger charge is 2.29. The number of hydrogen-bond acceptors (Lipinski definition) is 5. The summed E-state index contributed by atoms with van der Waals surface area (Å²) in [6, 6.07) is 20.2. The first-order chi connectivity index (χ1) is 16.1. The third-order valence-corrected chi connectivity index (χ3v) is 5.98. The maximum absolute atomic E-state index is 13.4. The van der Waals surface area contributed by atoms with Gasteiger partial charge in [-0.25, -0.2) is 9.37 Å². The van der Waals surface area contributed by atoms with Crippen molar-refractivity contribution in [3.63, 3.8) is 0 Å². The van der Waals surface area contributed by atoms with Gasteiger partial charge in [0, 0.05) is 36.3 Å². The van der Waals surface area contributed by atoms with Crippen molar-refractivity contribution in [2.45, 2.75) is 19.8 Å². The summed E-state index contributed by atoms with van der Waals surface area (Å²) in [6.07, 6.45) is 1.70. The largest absolute Gasteiger partial charge is 0.466 e. The summed E-state index contributed by atoms with van der Waals surface area (Å²) >= 11 is 0. The number of nitrogens with zero attached hydrogens (tertiary/aromatic N) is 4.